The molecule has 2 N–H and O–H groups in total. The lowest BCUT2D eigenvalue weighted by Gasteiger charge is -2.29. The normalized spacial score (nSPS) is 20.6. The Kier molecular flexibility index (Phi) is 7.27. The first-order valence-electron chi connectivity index (χ1n) is 4.65. The maximum absolute atomic E-state index is 11.3. The van der Waals surface area contributed by atoms with E-state index in [2.05, 4.69) is 6.58 Å². The summed E-state index contributed by atoms with van der Waals surface area (Å²) in [6.45, 7) is 8.95. The zero-order chi connectivity index (χ0) is 11.1. The first-order chi connectivity index (χ1) is 6.51. The van der Waals surface area contributed by atoms with Crippen LogP contribution in [0.15, 0.2) is 12.7 Å². The van der Waals surface area contributed by atoms with E-state index in [1.165, 1.54) is 6.08 Å². The molecule has 6 heteroatoms. The molecule has 0 amide bonds. The van der Waals surface area contributed by atoms with Crippen molar-refractivity contribution in [3.8, 4) is 0 Å². The molecule has 0 aliphatic heterocycles. The highest BCUT2D eigenvalue weighted by Crippen LogP contribution is 1.92. The Balaban J connectivity index is 3.81. The van der Waals surface area contributed by atoms with E-state index >= 15 is 0 Å². The number of hydrogen-bond acceptors (Lipinski definition) is 3. The molecule has 0 aromatic rings. The van der Waals surface area contributed by atoms with Gasteiger partial charge >= 0.3 is 8.88 Å². The number of rotatable bonds is 7. The fourth-order valence-electron chi connectivity index (χ4n) is 0.617. The molecule has 0 aliphatic rings. The predicted molar refractivity (Wildman–Crippen MR) is 57.5 cm³/mol. The van der Waals surface area contributed by atoms with Crippen molar-refractivity contribution in [3.05, 3.63) is 23.1 Å². The van der Waals surface area contributed by atoms with Crippen molar-refractivity contribution in [1.82, 2.24) is 0 Å². The minimum absolute atomic E-state index is 0.109. The summed E-state index contributed by atoms with van der Waals surface area (Å²) >= 11 is 0. The molecule has 0 aliphatic carbocycles. The Labute approximate surface area is 86.7 Å². The van der Waals surface area contributed by atoms with Gasteiger partial charge in [-0.2, -0.15) is 9.83 Å². The standard InChI is InChI=1S/C8H19N2O3P/c1-5-7(3)9(11)14-10(12)13-8(4)6-2/h5,7-10,14H,1,6H2,2-4H3. The van der Waals surface area contributed by atoms with Gasteiger partial charge in [0.15, 0.2) is 0 Å². The second-order valence-electron chi connectivity index (χ2n) is 3.14. The summed E-state index contributed by atoms with van der Waals surface area (Å²) in [5.74, 6) is 0. The molecule has 84 valence electrons. The molecule has 0 spiro atoms. The summed E-state index contributed by atoms with van der Waals surface area (Å²) in [4.78, 5) is 4.45. The van der Waals surface area contributed by atoms with Crippen LogP contribution in [0.1, 0.15) is 27.2 Å². The summed E-state index contributed by atoms with van der Waals surface area (Å²) in [6, 6.07) is -0.266. The maximum Gasteiger partial charge on any atom is 0.341 e. The topological polar surface area (TPSA) is 64.2 Å². The Morgan fingerprint density at radius 2 is 2.07 bits per heavy atom. The second-order valence-corrected chi connectivity index (χ2v) is 4.29. The lowest BCUT2D eigenvalue weighted by molar-refractivity contribution is -0.980. The van der Waals surface area contributed by atoms with Gasteiger partial charge < -0.3 is 15.2 Å². The zero-order valence-corrected chi connectivity index (χ0v) is 9.87. The summed E-state index contributed by atoms with van der Waals surface area (Å²) in [5.41, 5.74) is 0. The molecule has 0 aromatic heterocycles. The smallest absolute Gasteiger partial charge is 0.341 e. The third-order valence-corrected chi connectivity index (χ3v) is 2.90. The lowest BCUT2D eigenvalue weighted by atomic mass is 10.3. The fraction of sp³-hybridized carbons (Fsp3) is 0.750. The number of hydrogen-bond donors (Lipinski definition) is 2. The SMILES string of the molecule is C=CC(C)[NH+]([O-])P[NH+]([O-])OC(C)CC. The van der Waals surface area contributed by atoms with Gasteiger partial charge in [0.1, 0.15) is 12.1 Å². The summed E-state index contributed by atoms with van der Waals surface area (Å²) in [6.07, 6.45) is 2.19. The molecular weight excluding hydrogens is 203 g/mol. The number of nitrogens with one attached hydrogen (secondary N) is 2. The highest BCUT2D eigenvalue weighted by molar-refractivity contribution is 7.22. The molecular formula is C8H19N2O3P. The Morgan fingerprint density at radius 1 is 1.50 bits per heavy atom. The van der Waals surface area contributed by atoms with Crippen LogP contribution in [0.2, 0.25) is 0 Å². The third-order valence-electron chi connectivity index (χ3n) is 1.88. The number of hydroxylamine groups is 1. The second kappa shape index (κ2) is 7.29. The van der Waals surface area contributed by atoms with Crippen molar-refractivity contribution in [1.29, 1.82) is 0 Å². The Hall–Kier alpha value is -0.0300. The molecule has 0 rings (SSSR count). The van der Waals surface area contributed by atoms with E-state index in [0.717, 1.165) is 6.42 Å². The van der Waals surface area contributed by atoms with Gasteiger partial charge in [-0.3, -0.25) is 0 Å². The van der Waals surface area contributed by atoms with Crippen LogP contribution in [0.4, 0.5) is 0 Å². The third kappa shape index (κ3) is 5.65. The molecule has 0 radical (unpaired) electrons. The van der Waals surface area contributed by atoms with E-state index in [1.807, 2.05) is 13.8 Å². The van der Waals surface area contributed by atoms with Crippen LogP contribution in [-0.2, 0) is 4.84 Å². The molecule has 14 heavy (non-hydrogen) atoms. The summed E-state index contributed by atoms with van der Waals surface area (Å²) < 4.78 is 0. The lowest BCUT2D eigenvalue weighted by Crippen LogP contribution is -3.16. The van der Waals surface area contributed by atoms with Crippen molar-refractivity contribution < 1.29 is 14.7 Å². The quantitative estimate of drug-likeness (QED) is 0.349. The average Bonchev–Trinajstić information content (AvgIpc) is 2.15. The van der Waals surface area contributed by atoms with E-state index in [1.54, 1.807) is 6.92 Å². The summed E-state index contributed by atoms with van der Waals surface area (Å²) in [7, 11) is -0.409. The zero-order valence-electron chi connectivity index (χ0n) is 8.87. The largest absolute Gasteiger partial charge is 0.629 e. The highest BCUT2D eigenvalue weighted by Gasteiger charge is 2.13. The van der Waals surface area contributed by atoms with E-state index in [0.29, 0.717) is 0 Å². The first-order valence-corrected chi connectivity index (χ1v) is 5.65. The minimum atomic E-state index is -0.418. The van der Waals surface area contributed by atoms with Crippen LogP contribution in [-0.4, -0.2) is 12.1 Å². The highest BCUT2D eigenvalue weighted by atomic mass is 31.1. The van der Waals surface area contributed by atoms with Gasteiger partial charge in [-0.1, -0.05) is 13.5 Å². The molecule has 0 saturated heterocycles. The molecule has 0 aromatic carbocycles. The van der Waals surface area contributed by atoms with Crippen molar-refractivity contribution in [2.45, 2.75) is 39.3 Å². The Morgan fingerprint density at radius 3 is 2.50 bits per heavy atom. The van der Waals surface area contributed by atoms with Crippen molar-refractivity contribution in [2.24, 2.45) is 0 Å². The number of quaternary nitrogens is 2. The maximum atomic E-state index is 11.3. The van der Waals surface area contributed by atoms with Gasteiger partial charge in [-0.05, 0) is 26.3 Å². The Bertz CT molecular complexity index is 171. The summed E-state index contributed by atoms with van der Waals surface area (Å²) in [5, 5.41) is 22.5. The predicted octanol–water partition coefficient (Wildman–Crippen LogP) is -0.435. The van der Waals surface area contributed by atoms with Crippen LogP contribution in [0.5, 0.6) is 0 Å². The van der Waals surface area contributed by atoms with Crippen LogP contribution in [0, 0.1) is 10.4 Å². The van der Waals surface area contributed by atoms with E-state index in [-0.39, 0.29) is 17.0 Å². The van der Waals surface area contributed by atoms with Crippen molar-refractivity contribution in [2.75, 3.05) is 0 Å². The molecule has 0 saturated carbocycles. The first kappa shape index (κ1) is 14.0. The van der Waals surface area contributed by atoms with Gasteiger partial charge in [0, 0.05) is 0 Å². The molecule has 5 unspecified atom stereocenters. The van der Waals surface area contributed by atoms with Gasteiger partial charge in [0.25, 0.3) is 0 Å². The van der Waals surface area contributed by atoms with Gasteiger partial charge in [0.05, 0.1) is 0 Å². The molecule has 5 nitrogen and oxygen atoms in total. The van der Waals surface area contributed by atoms with Gasteiger partial charge in [0.2, 0.25) is 0 Å². The monoisotopic (exact) mass is 222 g/mol. The van der Waals surface area contributed by atoms with E-state index in [9.17, 15) is 10.4 Å². The van der Waals surface area contributed by atoms with Crippen molar-refractivity contribution >= 4 is 8.88 Å². The molecule has 5 atom stereocenters. The molecule has 0 bridgehead atoms. The van der Waals surface area contributed by atoms with Crippen LogP contribution < -0.4 is 9.83 Å². The van der Waals surface area contributed by atoms with Crippen LogP contribution in [0.25, 0.3) is 0 Å². The van der Waals surface area contributed by atoms with E-state index < -0.39 is 13.9 Å². The average molecular weight is 222 g/mol. The molecule has 0 fully saturated rings. The van der Waals surface area contributed by atoms with Crippen LogP contribution >= 0.6 is 8.88 Å². The minimum Gasteiger partial charge on any atom is -0.629 e. The fourth-order valence-corrected chi connectivity index (χ4v) is 1.42. The van der Waals surface area contributed by atoms with Crippen LogP contribution in [0.3, 0.4) is 0 Å². The van der Waals surface area contributed by atoms with Gasteiger partial charge in [-0.25, -0.2) is 0 Å². The van der Waals surface area contributed by atoms with Crippen molar-refractivity contribution in [3.63, 3.8) is 0 Å². The van der Waals surface area contributed by atoms with E-state index in [4.69, 9.17) is 4.84 Å². The van der Waals surface area contributed by atoms with Gasteiger partial charge in [-0.15, -0.1) is 0 Å². The molecule has 0 heterocycles.